The topological polar surface area (TPSA) is 59.3 Å². The zero-order valence-corrected chi connectivity index (χ0v) is 12.0. The average molecular weight is 321 g/mol. The van der Waals surface area contributed by atoms with E-state index in [0.29, 0.717) is 16.5 Å². The van der Waals surface area contributed by atoms with Crippen molar-refractivity contribution in [1.82, 2.24) is 15.1 Å². The predicted octanol–water partition coefficient (Wildman–Crippen LogP) is 2.09. The fraction of sp³-hybridized carbons (Fsp3) is 0.417. The summed E-state index contributed by atoms with van der Waals surface area (Å²) in [5, 5.41) is 15.9. The van der Waals surface area contributed by atoms with Gasteiger partial charge in [-0.05, 0) is 18.2 Å². The molecule has 0 saturated carbocycles. The molecule has 2 aromatic heterocycles. The van der Waals surface area contributed by atoms with Gasteiger partial charge in [-0.1, -0.05) is 11.3 Å². The van der Waals surface area contributed by atoms with Crippen LogP contribution >= 0.6 is 11.3 Å². The summed E-state index contributed by atoms with van der Waals surface area (Å²) >= 11 is 1.21. The molecule has 0 aliphatic carbocycles. The molecule has 2 rings (SSSR count). The van der Waals surface area contributed by atoms with Crippen LogP contribution in [-0.2, 0) is 13.2 Å². The Bertz CT molecular complexity index is 595. The molecule has 9 heteroatoms. The van der Waals surface area contributed by atoms with E-state index in [0.717, 1.165) is 10.7 Å². The van der Waals surface area contributed by atoms with Crippen LogP contribution in [0, 0.1) is 0 Å². The Labute approximate surface area is 123 Å². The first-order chi connectivity index (χ1) is 9.91. The van der Waals surface area contributed by atoms with Crippen LogP contribution in [0.4, 0.5) is 13.2 Å². The van der Waals surface area contributed by atoms with Gasteiger partial charge >= 0.3 is 6.18 Å². The fourth-order valence-electron chi connectivity index (χ4n) is 1.66. The largest absolute Gasteiger partial charge is 0.469 e. The average Bonchev–Trinajstić information content (AvgIpc) is 3.00. The van der Waals surface area contributed by atoms with Gasteiger partial charge in [-0.2, -0.15) is 18.3 Å². The number of aryl methyl sites for hydroxylation is 1. The number of halogens is 3. The number of rotatable bonds is 6. The van der Waals surface area contributed by atoms with Gasteiger partial charge in [-0.15, -0.1) is 0 Å². The van der Waals surface area contributed by atoms with E-state index >= 15 is 0 Å². The van der Waals surface area contributed by atoms with E-state index in [1.165, 1.54) is 18.4 Å². The summed E-state index contributed by atoms with van der Waals surface area (Å²) in [6, 6.07) is 4.34. The van der Waals surface area contributed by atoms with E-state index in [1.807, 2.05) is 0 Å². The van der Waals surface area contributed by atoms with Crippen molar-refractivity contribution in [3.8, 4) is 15.6 Å². The zero-order valence-electron chi connectivity index (χ0n) is 11.1. The third-order valence-corrected chi connectivity index (χ3v) is 3.63. The number of aliphatic hydroxyl groups excluding tert-OH is 1. The summed E-state index contributed by atoms with van der Waals surface area (Å²) < 4.78 is 44.3. The number of hydrogen-bond acceptors (Lipinski definition) is 5. The van der Waals surface area contributed by atoms with Crippen molar-refractivity contribution in [2.75, 3.05) is 19.9 Å². The van der Waals surface area contributed by atoms with Crippen LogP contribution in [0.1, 0.15) is 5.69 Å². The highest BCUT2D eigenvalue weighted by Gasteiger charge is 2.35. The lowest BCUT2D eigenvalue weighted by molar-refractivity contribution is -0.143. The molecule has 0 aliphatic heterocycles. The second-order valence-corrected chi connectivity index (χ2v) is 5.21. The summed E-state index contributed by atoms with van der Waals surface area (Å²) in [7, 11) is 1.26. The van der Waals surface area contributed by atoms with Gasteiger partial charge in [0.05, 0.1) is 11.5 Å². The highest BCUT2D eigenvalue weighted by Crippen LogP contribution is 2.36. The van der Waals surface area contributed by atoms with Crippen LogP contribution in [0.5, 0.6) is 5.06 Å². The first-order valence-electron chi connectivity index (χ1n) is 6.07. The van der Waals surface area contributed by atoms with Gasteiger partial charge in [0.2, 0.25) is 0 Å². The summed E-state index contributed by atoms with van der Waals surface area (Å²) in [6.07, 6.45) is -4.43. The van der Waals surface area contributed by atoms with Crippen molar-refractivity contribution < 1.29 is 23.0 Å². The molecule has 0 bridgehead atoms. The predicted molar refractivity (Wildman–Crippen MR) is 72.1 cm³/mol. The molecular weight excluding hydrogens is 307 g/mol. The van der Waals surface area contributed by atoms with Crippen molar-refractivity contribution in [2.45, 2.75) is 6.18 Å². The van der Waals surface area contributed by atoms with Gasteiger partial charge in [-0.25, -0.2) is 0 Å². The molecular formula is C12H14F3N3O2S. The van der Waals surface area contributed by atoms with Gasteiger partial charge in [-0.3, -0.25) is 10.00 Å². The van der Waals surface area contributed by atoms with Crippen molar-refractivity contribution in [2.24, 2.45) is 7.05 Å². The minimum atomic E-state index is -4.43. The van der Waals surface area contributed by atoms with E-state index < -0.39 is 11.9 Å². The SMILES string of the molecule is Cn1nc(-c2ccc(OCNCCO)s2)cc1C(F)(F)F. The lowest BCUT2D eigenvalue weighted by Gasteiger charge is -2.04. The van der Waals surface area contributed by atoms with Gasteiger partial charge in [0, 0.05) is 13.6 Å². The van der Waals surface area contributed by atoms with E-state index in [2.05, 4.69) is 10.4 Å². The van der Waals surface area contributed by atoms with Crippen LogP contribution in [-0.4, -0.2) is 34.8 Å². The number of nitrogens with zero attached hydrogens (tertiary/aromatic N) is 2. The minimum absolute atomic E-state index is 0.00715. The Balaban J connectivity index is 2.08. The molecule has 0 atom stereocenters. The van der Waals surface area contributed by atoms with Crippen LogP contribution in [0.25, 0.3) is 10.6 Å². The first kappa shape index (κ1) is 15.8. The number of aromatic nitrogens is 2. The maximum atomic E-state index is 12.7. The maximum absolute atomic E-state index is 12.7. The molecule has 2 N–H and O–H groups in total. The normalized spacial score (nSPS) is 11.9. The molecule has 0 spiro atoms. The molecule has 0 saturated heterocycles. The fourth-order valence-corrected chi connectivity index (χ4v) is 2.47. The van der Waals surface area contributed by atoms with Gasteiger partial charge < -0.3 is 9.84 Å². The Morgan fingerprint density at radius 3 is 2.81 bits per heavy atom. The Kier molecular flexibility index (Phi) is 4.86. The molecule has 5 nitrogen and oxygen atoms in total. The minimum Gasteiger partial charge on any atom is -0.469 e. The number of ether oxygens (including phenoxy) is 1. The maximum Gasteiger partial charge on any atom is 0.433 e. The summed E-state index contributed by atoms with van der Waals surface area (Å²) in [5.74, 6) is 0. The Morgan fingerprint density at radius 1 is 1.43 bits per heavy atom. The number of aliphatic hydroxyl groups is 1. The number of hydrogen-bond donors (Lipinski definition) is 2. The van der Waals surface area contributed by atoms with Crippen molar-refractivity contribution in [3.05, 3.63) is 23.9 Å². The molecule has 0 aliphatic rings. The second kappa shape index (κ2) is 6.46. The first-order valence-corrected chi connectivity index (χ1v) is 6.89. The number of thiophene rings is 1. The number of alkyl halides is 3. The van der Waals surface area contributed by atoms with Crippen molar-refractivity contribution in [1.29, 1.82) is 0 Å². The van der Waals surface area contributed by atoms with Gasteiger partial charge in [0.1, 0.15) is 18.1 Å². The lowest BCUT2D eigenvalue weighted by atomic mass is 10.3. The number of nitrogens with one attached hydrogen (secondary N) is 1. The lowest BCUT2D eigenvalue weighted by Crippen LogP contribution is -2.22. The molecule has 21 heavy (non-hydrogen) atoms. The van der Waals surface area contributed by atoms with Crippen LogP contribution in [0.3, 0.4) is 0 Å². The Hall–Kier alpha value is -1.58. The van der Waals surface area contributed by atoms with Crippen molar-refractivity contribution >= 4 is 11.3 Å². The van der Waals surface area contributed by atoms with Gasteiger partial charge in [0.15, 0.2) is 5.06 Å². The third-order valence-electron chi connectivity index (χ3n) is 2.61. The Morgan fingerprint density at radius 2 is 2.19 bits per heavy atom. The summed E-state index contributed by atoms with van der Waals surface area (Å²) in [5.41, 5.74) is -0.536. The molecule has 0 fully saturated rings. The van der Waals surface area contributed by atoms with E-state index in [1.54, 1.807) is 12.1 Å². The van der Waals surface area contributed by atoms with Gasteiger partial charge in [0.25, 0.3) is 0 Å². The highest BCUT2D eigenvalue weighted by atomic mass is 32.1. The monoisotopic (exact) mass is 321 g/mol. The molecule has 2 aromatic rings. The standard InChI is InChI=1S/C12H14F3N3O2S/c1-18-10(12(13,14)15)6-8(17-18)9-2-3-11(21-9)20-7-16-4-5-19/h2-3,6,16,19H,4-5,7H2,1H3. The van der Waals surface area contributed by atoms with Crippen LogP contribution < -0.4 is 10.1 Å². The van der Waals surface area contributed by atoms with E-state index in [9.17, 15) is 13.2 Å². The van der Waals surface area contributed by atoms with E-state index in [-0.39, 0.29) is 19.0 Å². The van der Waals surface area contributed by atoms with E-state index in [4.69, 9.17) is 9.84 Å². The quantitative estimate of drug-likeness (QED) is 0.632. The molecule has 2 heterocycles. The molecule has 0 aromatic carbocycles. The molecule has 0 amide bonds. The summed E-state index contributed by atoms with van der Waals surface area (Å²) in [4.78, 5) is 0.596. The molecule has 0 radical (unpaired) electrons. The van der Waals surface area contributed by atoms with Crippen LogP contribution in [0.2, 0.25) is 0 Å². The third kappa shape index (κ3) is 3.96. The molecule has 116 valence electrons. The highest BCUT2D eigenvalue weighted by molar-refractivity contribution is 7.17. The second-order valence-electron chi connectivity index (χ2n) is 4.17. The molecule has 0 unspecified atom stereocenters. The van der Waals surface area contributed by atoms with Crippen LogP contribution in [0.15, 0.2) is 18.2 Å². The van der Waals surface area contributed by atoms with Crippen molar-refractivity contribution in [3.63, 3.8) is 0 Å². The smallest absolute Gasteiger partial charge is 0.433 e. The zero-order chi connectivity index (χ0) is 15.5. The summed E-state index contributed by atoms with van der Waals surface area (Å²) in [6.45, 7) is 0.636.